The number of rotatable bonds is 7. The first-order chi connectivity index (χ1) is 17.0. The van der Waals surface area contributed by atoms with Crippen molar-refractivity contribution in [3.8, 4) is 0 Å². The fourth-order valence-electron chi connectivity index (χ4n) is 4.50. The van der Waals surface area contributed by atoms with Crippen LogP contribution in [0.1, 0.15) is 24.1 Å². The fraction of sp³-hybridized carbons (Fsp3) is 0.346. The van der Waals surface area contributed by atoms with Crippen LogP contribution in [-0.2, 0) is 13.6 Å². The molecular weight excluding hydrogens is 458 g/mol. The highest BCUT2D eigenvalue weighted by Gasteiger charge is 2.25. The van der Waals surface area contributed by atoms with E-state index in [2.05, 4.69) is 81.7 Å². The number of fused-ring (bicyclic) bond motifs is 1. The summed E-state index contributed by atoms with van der Waals surface area (Å²) in [7, 11) is 4.07. The van der Waals surface area contributed by atoms with Gasteiger partial charge in [-0.2, -0.15) is 0 Å². The molecule has 4 heterocycles. The summed E-state index contributed by atoms with van der Waals surface area (Å²) >= 11 is 1.38. The number of amides is 2. The number of carbonyl (C=O) groups excluding carboxylic acids is 1. The zero-order valence-corrected chi connectivity index (χ0v) is 21.2. The first-order valence-electron chi connectivity index (χ1n) is 11.9. The van der Waals surface area contributed by atoms with Crippen molar-refractivity contribution in [1.29, 1.82) is 0 Å². The Hall–Kier alpha value is -3.43. The van der Waals surface area contributed by atoms with Crippen molar-refractivity contribution in [1.82, 2.24) is 24.8 Å². The Bertz CT molecular complexity index is 1310. The first kappa shape index (κ1) is 23.3. The third-order valence-corrected chi connectivity index (χ3v) is 7.52. The van der Waals surface area contributed by atoms with Crippen LogP contribution < -0.4 is 15.5 Å². The summed E-state index contributed by atoms with van der Waals surface area (Å²) < 4.78 is 2.15. The molecule has 1 fully saturated rings. The minimum atomic E-state index is -0.230. The fourth-order valence-corrected chi connectivity index (χ4v) is 5.33. The molecule has 0 aliphatic carbocycles. The zero-order valence-electron chi connectivity index (χ0n) is 20.4. The van der Waals surface area contributed by atoms with E-state index in [1.807, 2.05) is 24.1 Å². The van der Waals surface area contributed by atoms with Crippen molar-refractivity contribution in [3.63, 3.8) is 0 Å². The van der Waals surface area contributed by atoms with Crippen molar-refractivity contribution < 1.29 is 4.79 Å². The predicted molar refractivity (Wildman–Crippen MR) is 143 cm³/mol. The van der Waals surface area contributed by atoms with Crippen molar-refractivity contribution in [3.05, 3.63) is 66.0 Å². The van der Waals surface area contributed by atoms with Crippen LogP contribution in [0.2, 0.25) is 0 Å². The highest BCUT2D eigenvalue weighted by Crippen LogP contribution is 2.29. The van der Waals surface area contributed by atoms with E-state index in [0.717, 1.165) is 47.8 Å². The maximum Gasteiger partial charge on any atom is 0.321 e. The predicted octanol–water partition coefficient (Wildman–Crippen LogP) is 4.89. The Morgan fingerprint density at radius 1 is 1.17 bits per heavy atom. The average molecular weight is 490 g/mol. The first-order valence-corrected chi connectivity index (χ1v) is 12.7. The van der Waals surface area contributed by atoms with Gasteiger partial charge in [-0.3, -0.25) is 10.2 Å². The molecule has 1 aromatic carbocycles. The zero-order chi connectivity index (χ0) is 24.4. The van der Waals surface area contributed by atoms with Crippen LogP contribution in [0, 0.1) is 6.92 Å². The Labute approximate surface area is 209 Å². The van der Waals surface area contributed by atoms with Crippen LogP contribution >= 0.6 is 11.3 Å². The number of urea groups is 1. The molecule has 0 radical (unpaired) electrons. The second kappa shape index (κ2) is 10.1. The number of nitrogens with one attached hydrogen (secondary N) is 2. The lowest BCUT2D eigenvalue weighted by Gasteiger charge is -2.24. The molecule has 1 aliphatic heterocycles. The monoisotopic (exact) mass is 489 g/mol. The van der Waals surface area contributed by atoms with E-state index in [9.17, 15) is 4.79 Å². The van der Waals surface area contributed by atoms with Gasteiger partial charge in [0.15, 0.2) is 5.13 Å². The highest BCUT2D eigenvalue weighted by molar-refractivity contribution is 7.22. The summed E-state index contributed by atoms with van der Waals surface area (Å²) in [6.07, 6.45) is 4.32. The Kier molecular flexibility index (Phi) is 6.70. The van der Waals surface area contributed by atoms with Gasteiger partial charge in [-0.25, -0.2) is 14.8 Å². The molecule has 4 aromatic rings. The molecule has 1 saturated heterocycles. The van der Waals surface area contributed by atoms with E-state index in [4.69, 9.17) is 4.98 Å². The van der Waals surface area contributed by atoms with Crippen LogP contribution in [0.15, 0.2) is 54.7 Å². The number of aromatic nitrogens is 3. The second-order valence-corrected chi connectivity index (χ2v) is 10.1. The topological polar surface area (TPSA) is 78.3 Å². The van der Waals surface area contributed by atoms with Gasteiger partial charge >= 0.3 is 6.03 Å². The number of thiazole rings is 1. The molecule has 0 unspecified atom stereocenters. The molecule has 0 spiro atoms. The Morgan fingerprint density at radius 3 is 2.77 bits per heavy atom. The molecule has 2 N–H and O–H groups in total. The number of hydrogen-bond acceptors (Lipinski definition) is 6. The quantitative estimate of drug-likeness (QED) is 0.386. The molecule has 3 aromatic heterocycles. The normalized spacial score (nSPS) is 16.0. The van der Waals surface area contributed by atoms with Gasteiger partial charge in [0.1, 0.15) is 16.2 Å². The number of aryl methyl sites for hydroxylation is 2. The summed E-state index contributed by atoms with van der Waals surface area (Å²) in [5.41, 5.74) is 4.35. The third kappa shape index (κ3) is 5.31. The number of carbonyl (C=O) groups is 1. The van der Waals surface area contributed by atoms with E-state index < -0.39 is 0 Å². The van der Waals surface area contributed by atoms with E-state index >= 15 is 0 Å². The average Bonchev–Trinajstić information content (AvgIpc) is 3.57. The maximum absolute atomic E-state index is 12.6. The molecule has 0 saturated carbocycles. The lowest BCUT2D eigenvalue weighted by Crippen LogP contribution is -2.41. The van der Waals surface area contributed by atoms with E-state index in [0.29, 0.717) is 17.7 Å². The van der Waals surface area contributed by atoms with Gasteiger partial charge in [-0.15, -0.1) is 0 Å². The lowest BCUT2D eigenvalue weighted by atomic mass is 10.2. The van der Waals surface area contributed by atoms with Gasteiger partial charge < -0.3 is 14.8 Å². The van der Waals surface area contributed by atoms with Crippen LogP contribution in [0.25, 0.3) is 10.3 Å². The van der Waals surface area contributed by atoms with Crippen molar-refractivity contribution in [2.75, 3.05) is 30.4 Å². The Morgan fingerprint density at radius 2 is 2.00 bits per heavy atom. The maximum atomic E-state index is 12.6. The molecule has 5 rings (SSSR count). The van der Waals surface area contributed by atoms with Gasteiger partial charge in [0, 0.05) is 50.8 Å². The summed E-state index contributed by atoms with van der Waals surface area (Å²) in [6, 6.07) is 16.6. The van der Waals surface area contributed by atoms with E-state index in [1.54, 1.807) is 0 Å². The number of pyridine rings is 1. The highest BCUT2D eigenvalue weighted by atomic mass is 32.1. The van der Waals surface area contributed by atoms with Gasteiger partial charge in [-0.05, 0) is 62.7 Å². The van der Waals surface area contributed by atoms with Crippen LogP contribution in [0.5, 0.6) is 0 Å². The van der Waals surface area contributed by atoms with Crippen molar-refractivity contribution in [2.24, 2.45) is 7.05 Å². The van der Waals surface area contributed by atoms with Crippen molar-refractivity contribution >= 4 is 44.4 Å². The number of nitrogens with zero attached hydrogens (tertiary/aromatic N) is 5. The molecule has 2 amide bonds. The van der Waals surface area contributed by atoms with Gasteiger partial charge in [-0.1, -0.05) is 29.0 Å². The summed E-state index contributed by atoms with van der Waals surface area (Å²) in [5.74, 6) is 0.834. The summed E-state index contributed by atoms with van der Waals surface area (Å²) in [6.45, 7) is 4.65. The molecule has 0 bridgehead atoms. The standard InChI is InChI=1S/C26H31N7OS/c1-18-8-10-19(11-9-18)32(3)23-13-12-22-24(29-23)35-26(28-22)30-25(34)27-16-20-6-5-15-33(20)17-21-7-4-14-31(21)2/h4,7-14,20H,5-6,15-17H2,1-3H3,(H2,27,28,30,34)/t20-/m1/s1. The lowest BCUT2D eigenvalue weighted by molar-refractivity contribution is 0.226. The molecule has 1 atom stereocenters. The molecule has 8 nitrogen and oxygen atoms in total. The number of likely N-dealkylation sites (tertiary alicyclic amines) is 1. The van der Waals surface area contributed by atoms with Crippen LogP contribution in [-0.4, -0.2) is 51.6 Å². The smallest absolute Gasteiger partial charge is 0.321 e. The van der Waals surface area contributed by atoms with E-state index in [-0.39, 0.29) is 6.03 Å². The van der Waals surface area contributed by atoms with Gasteiger partial charge in [0.25, 0.3) is 0 Å². The van der Waals surface area contributed by atoms with Gasteiger partial charge in [0.2, 0.25) is 0 Å². The number of hydrogen-bond donors (Lipinski definition) is 2. The largest absolute Gasteiger partial charge is 0.353 e. The number of anilines is 3. The number of benzene rings is 1. The summed E-state index contributed by atoms with van der Waals surface area (Å²) in [4.78, 5) is 27.2. The molecule has 9 heteroatoms. The summed E-state index contributed by atoms with van der Waals surface area (Å²) in [5, 5.41) is 6.48. The molecular formula is C26H31N7OS. The van der Waals surface area contributed by atoms with E-state index in [1.165, 1.54) is 22.6 Å². The van der Waals surface area contributed by atoms with Crippen molar-refractivity contribution in [2.45, 2.75) is 32.4 Å². The minimum Gasteiger partial charge on any atom is -0.353 e. The van der Waals surface area contributed by atoms with Crippen LogP contribution in [0.3, 0.4) is 0 Å². The molecule has 35 heavy (non-hydrogen) atoms. The molecule has 1 aliphatic rings. The minimum absolute atomic E-state index is 0.230. The molecule has 182 valence electrons. The third-order valence-electron chi connectivity index (χ3n) is 6.64. The van der Waals surface area contributed by atoms with Crippen LogP contribution in [0.4, 0.5) is 21.4 Å². The Balaban J connectivity index is 1.19. The second-order valence-electron chi connectivity index (χ2n) is 9.12. The SMILES string of the molecule is Cc1ccc(N(C)c2ccc3nc(NC(=O)NC[C@H]4CCCN4Cc4cccn4C)sc3n2)cc1. The van der Waals surface area contributed by atoms with Gasteiger partial charge in [0.05, 0.1) is 0 Å².